The third-order valence-electron chi connectivity index (χ3n) is 3.90. The van der Waals surface area contributed by atoms with E-state index in [9.17, 15) is 0 Å². The predicted molar refractivity (Wildman–Crippen MR) is 79.5 cm³/mol. The lowest BCUT2D eigenvalue weighted by atomic mass is 9.98. The molecule has 1 aromatic heterocycles. The summed E-state index contributed by atoms with van der Waals surface area (Å²) in [5.41, 5.74) is 2.18. The maximum atomic E-state index is 9.16. The summed E-state index contributed by atoms with van der Waals surface area (Å²) in [6.45, 7) is 2.15. The van der Waals surface area contributed by atoms with Gasteiger partial charge in [-0.1, -0.05) is 30.3 Å². The monoisotopic (exact) mass is 269 g/mol. The van der Waals surface area contributed by atoms with Gasteiger partial charge in [-0.2, -0.15) is 0 Å². The first-order valence-corrected chi connectivity index (χ1v) is 7.10. The van der Waals surface area contributed by atoms with Crippen LogP contribution in [0.2, 0.25) is 0 Å². The Hall–Kier alpha value is -1.94. The Morgan fingerprint density at radius 1 is 1.00 bits per heavy atom. The van der Waals surface area contributed by atoms with Gasteiger partial charge in [0.2, 0.25) is 5.95 Å². The summed E-state index contributed by atoms with van der Waals surface area (Å²) in [4.78, 5) is 11.2. The summed E-state index contributed by atoms with van der Waals surface area (Å²) in [6.07, 6.45) is 5.80. The summed E-state index contributed by atoms with van der Waals surface area (Å²) in [5, 5.41) is 9.16. The summed E-state index contributed by atoms with van der Waals surface area (Å²) < 4.78 is 0. The van der Waals surface area contributed by atoms with Crippen molar-refractivity contribution in [2.45, 2.75) is 12.8 Å². The lowest BCUT2D eigenvalue weighted by Gasteiger charge is -2.31. The van der Waals surface area contributed by atoms with Crippen LogP contribution in [0.15, 0.2) is 42.7 Å². The first kappa shape index (κ1) is 13.1. The van der Waals surface area contributed by atoms with Gasteiger partial charge in [0.15, 0.2) is 0 Å². The van der Waals surface area contributed by atoms with Crippen LogP contribution in [0, 0.1) is 5.92 Å². The van der Waals surface area contributed by atoms with Gasteiger partial charge in [0.05, 0.1) is 0 Å². The van der Waals surface area contributed by atoms with Crippen molar-refractivity contribution in [3.8, 4) is 11.1 Å². The van der Waals surface area contributed by atoms with Gasteiger partial charge in [-0.25, -0.2) is 9.97 Å². The number of piperidine rings is 1. The average molecular weight is 269 g/mol. The van der Waals surface area contributed by atoms with Gasteiger partial charge in [0.25, 0.3) is 0 Å². The van der Waals surface area contributed by atoms with Gasteiger partial charge >= 0.3 is 0 Å². The fourth-order valence-corrected chi connectivity index (χ4v) is 2.58. The second kappa shape index (κ2) is 6.01. The third-order valence-corrected chi connectivity index (χ3v) is 3.90. The van der Waals surface area contributed by atoms with Crippen molar-refractivity contribution in [2.24, 2.45) is 5.92 Å². The maximum absolute atomic E-state index is 9.16. The molecular formula is C16H19N3O. The number of benzene rings is 1. The number of aliphatic hydroxyl groups excluding tert-OH is 1. The number of hydrogen-bond donors (Lipinski definition) is 1. The Kier molecular flexibility index (Phi) is 3.92. The van der Waals surface area contributed by atoms with Gasteiger partial charge in [-0.15, -0.1) is 0 Å². The number of rotatable bonds is 3. The van der Waals surface area contributed by atoms with Crippen LogP contribution in [-0.2, 0) is 0 Å². The van der Waals surface area contributed by atoms with Gasteiger partial charge in [-0.3, -0.25) is 0 Å². The number of anilines is 1. The van der Waals surface area contributed by atoms with E-state index in [0.717, 1.165) is 43.0 Å². The molecule has 4 nitrogen and oxygen atoms in total. The Morgan fingerprint density at radius 2 is 1.65 bits per heavy atom. The highest BCUT2D eigenvalue weighted by Crippen LogP contribution is 2.22. The minimum Gasteiger partial charge on any atom is -0.396 e. The van der Waals surface area contributed by atoms with E-state index < -0.39 is 0 Å². The number of aliphatic hydroxyl groups is 1. The Balaban J connectivity index is 1.71. The van der Waals surface area contributed by atoms with Crippen molar-refractivity contribution in [2.75, 3.05) is 24.6 Å². The van der Waals surface area contributed by atoms with Gasteiger partial charge < -0.3 is 10.0 Å². The van der Waals surface area contributed by atoms with Gasteiger partial charge in [-0.05, 0) is 24.3 Å². The molecule has 20 heavy (non-hydrogen) atoms. The standard InChI is InChI=1S/C16H19N3O/c20-12-13-6-8-19(9-7-13)16-17-10-15(11-18-16)14-4-2-1-3-5-14/h1-5,10-11,13,20H,6-9,12H2. The van der Waals surface area contributed by atoms with Crippen molar-refractivity contribution in [3.05, 3.63) is 42.7 Å². The molecule has 104 valence electrons. The van der Waals surface area contributed by atoms with E-state index in [1.54, 1.807) is 0 Å². The molecule has 0 saturated carbocycles. The van der Waals surface area contributed by atoms with E-state index >= 15 is 0 Å². The summed E-state index contributed by atoms with van der Waals surface area (Å²) >= 11 is 0. The van der Waals surface area contributed by atoms with Crippen molar-refractivity contribution < 1.29 is 5.11 Å². The lowest BCUT2D eigenvalue weighted by molar-refractivity contribution is 0.202. The molecule has 1 aromatic carbocycles. The van der Waals surface area contributed by atoms with E-state index in [4.69, 9.17) is 5.11 Å². The van der Waals surface area contributed by atoms with E-state index in [1.165, 1.54) is 0 Å². The first-order valence-electron chi connectivity index (χ1n) is 7.10. The topological polar surface area (TPSA) is 49.2 Å². The average Bonchev–Trinajstić information content (AvgIpc) is 2.56. The fraction of sp³-hybridized carbons (Fsp3) is 0.375. The molecule has 1 fully saturated rings. The maximum Gasteiger partial charge on any atom is 0.225 e. The van der Waals surface area contributed by atoms with Crippen LogP contribution in [0.5, 0.6) is 0 Å². The Morgan fingerprint density at radius 3 is 2.25 bits per heavy atom. The predicted octanol–water partition coefficient (Wildman–Crippen LogP) is 2.35. The largest absolute Gasteiger partial charge is 0.396 e. The quantitative estimate of drug-likeness (QED) is 0.929. The zero-order chi connectivity index (χ0) is 13.8. The van der Waals surface area contributed by atoms with Gasteiger partial charge in [0.1, 0.15) is 0 Å². The molecule has 1 N–H and O–H groups in total. The first-order chi connectivity index (χ1) is 9.86. The van der Waals surface area contributed by atoms with Crippen LogP contribution in [-0.4, -0.2) is 34.8 Å². The van der Waals surface area contributed by atoms with Crippen LogP contribution < -0.4 is 4.90 Å². The molecule has 0 atom stereocenters. The summed E-state index contributed by atoms with van der Waals surface area (Å²) in [5.74, 6) is 1.23. The Labute approximate surface area is 119 Å². The van der Waals surface area contributed by atoms with Crippen molar-refractivity contribution in [1.82, 2.24) is 9.97 Å². The van der Waals surface area contributed by atoms with Crippen LogP contribution in [0.4, 0.5) is 5.95 Å². The van der Waals surface area contributed by atoms with Crippen molar-refractivity contribution >= 4 is 5.95 Å². The molecular weight excluding hydrogens is 250 g/mol. The molecule has 4 heteroatoms. The molecule has 1 aliphatic heterocycles. The van der Waals surface area contributed by atoms with E-state index in [1.807, 2.05) is 30.6 Å². The van der Waals surface area contributed by atoms with Crippen LogP contribution in [0.3, 0.4) is 0 Å². The van der Waals surface area contributed by atoms with Crippen LogP contribution in [0.1, 0.15) is 12.8 Å². The summed E-state index contributed by atoms with van der Waals surface area (Å²) in [6, 6.07) is 10.2. The molecule has 2 aromatic rings. The highest BCUT2D eigenvalue weighted by atomic mass is 16.3. The molecule has 0 bridgehead atoms. The molecule has 1 saturated heterocycles. The van der Waals surface area contributed by atoms with E-state index in [-0.39, 0.29) is 0 Å². The second-order valence-corrected chi connectivity index (χ2v) is 5.25. The highest BCUT2D eigenvalue weighted by Gasteiger charge is 2.20. The minimum atomic E-state index is 0.293. The SMILES string of the molecule is OCC1CCN(c2ncc(-c3ccccc3)cn2)CC1. The molecule has 1 aliphatic rings. The van der Waals surface area contributed by atoms with Crippen LogP contribution >= 0.6 is 0 Å². The molecule has 0 spiro atoms. The zero-order valence-corrected chi connectivity index (χ0v) is 11.4. The highest BCUT2D eigenvalue weighted by molar-refractivity contribution is 5.61. The molecule has 0 aliphatic carbocycles. The third kappa shape index (κ3) is 2.80. The summed E-state index contributed by atoms with van der Waals surface area (Å²) in [7, 11) is 0. The molecule has 2 heterocycles. The Bertz CT molecular complexity index is 533. The number of hydrogen-bond acceptors (Lipinski definition) is 4. The van der Waals surface area contributed by atoms with Crippen LogP contribution in [0.25, 0.3) is 11.1 Å². The second-order valence-electron chi connectivity index (χ2n) is 5.25. The zero-order valence-electron chi connectivity index (χ0n) is 11.4. The van der Waals surface area contributed by atoms with Crippen molar-refractivity contribution in [1.29, 1.82) is 0 Å². The minimum absolute atomic E-state index is 0.293. The molecule has 0 unspecified atom stereocenters. The number of nitrogens with zero attached hydrogens (tertiary/aromatic N) is 3. The van der Waals surface area contributed by atoms with Crippen molar-refractivity contribution in [3.63, 3.8) is 0 Å². The van der Waals surface area contributed by atoms with Gasteiger partial charge in [0, 0.05) is 37.7 Å². The van der Waals surface area contributed by atoms with E-state index in [2.05, 4.69) is 27.0 Å². The fourth-order valence-electron chi connectivity index (χ4n) is 2.58. The van der Waals surface area contributed by atoms with E-state index in [0.29, 0.717) is 12.5 Å². The normalized spacial score (nSPS) is 16.4. The number of aromatic nitrogens is 2. The molecule has 0 radical (unpaired) electrons. The smallest absolute Gasteiger partial charge is 0.225 e. The molecule has 0 amide bonds. The molecule has 3 rings (SSSR count). The lowest BCUT2D eigenvalue weighted by Crippen LogP contribution is -2.35.